The van der Waals surface area contributed by atoms with E-state index in [-0.39, 0.29) is 29.8 Å². The normalized spacial score (nSPS) is 15.7. The molecule has 0 unspecified atom stereocenters. The van der Waals surface area contributed by atoms with E-state index in [4.69, 9.17) is 9.72 Å². The lowest BCUT2D eigenvalue weighted by atomic mass is 10.1. The van der Waals surface area contributed by atoms with Crippen molar-refractivity contribution in [3.05, 3.63) is 66.5 Å². The van der Waals surface area contributed by atoms with Crippen LogP contribution in [-0.2, 0) is 35.2 Å². The molecule has 0 aromatic carbocycles. The van der Waals surface area contributed by atoms with Crippen LogP contribution in [0.1, 0.15) is 63.8 Å². The lowest BCUT2D eigenvalue weighted by Crippen LogP contribution is -2.23. The third kappa shape index (κ3) is 4.99. The second-order valence-corrected chi connectivity index (χ2v) is 12.7. The van der Waals surface area contributed by atoms with Gasteiger partial charge in [-0.25, -0.2) is 9.78 Å². The molecule has 0 atom stereocenters. The molecule has 3 aliphatic carbocycles. The fourth-order valence-electron chi connectivity index (χ4n) is 5.37. The van der Waals surface area contributed by atoms with Crippen molar-refractivity contribution in [2.24, 2.45) is 0 Å². The standard InChI is InChI=1S/C29H27N3O4S3/c1-2-36-28(35)24-19-12-7-4-8-14-20(19)39-26(24)30-22(33)16-37-29-31-25-23(18-13-9-15-21(18)38-25)27(34)32(29)17-10-5-3-6-11-17/h5,10-11H,2,4,7-9,12-16H2,1H3,(H,30,33). The van der Waals surface area contributed by atoms with Crippen molar-refractivity contribution in [3.8, 4) is 0 Å². The fourth-order valence-corrected chi connectivity index (χ4v) is 8.78. The molecular weight excluding hydrogens is 551 g/mol. The summed E-state index contributed by atoms with van der Waals surface area (Å²) in [5.74, 6) is -0.607. The van der Waals surface area contributed by atoms with Gasteiger partial charge in [0.25, 0.3) is 5.56 Å². The van der Waals surface area contributed by atoms with Crippen molar-refractivity contribution in [2.45, 2.75) is 63.4 Å². The molecule has 3 aromatic heterocycles. The Bertz CT molecular complexity index is 1690. The number of aromatic nitrogens is 2. The van der Waals surface area contributed by atoms with Crippen LogP contribution < -0.4 is 10.9 Å². The van der Waals surface area contributed by atoms with Gasteiger partial charge in [0.15, 0.2) is 5.16 Å². The van der Waals surface area contributed by atoms with Crippen LogP contribution in [0.5, 0.6) is 0 Å². The molecule has 39 heavy (non-hydrogen) atoms. The number of rotatable bonds is 7. The number of allylic oxidation sites excluding steroid dienone is 4. The Balaban J connectivity index is 1.30. The monoisotopic (exact) mass is 577 g/mol. The number of thioether (sulfide) groups is 1. The van der Waals surface area contributed by atoms with Crippen molar-refractivity contribution in [3.63, 3.8) is 0 Å². The van der Waals surface area contributed by atoms with Crippen LogP contribution in [0.15, 0.2) is 39.6 Å². The molecule has 1 amide bonds. The molecule has 7 nitrogen and oxygen atoms in total. The Hall–Kier alpha value is -3.13. The third-order valence-corrected chi connectivity index (χ3v) is 10.4. The van der Waals surface area contributed by atoms with Gasteiger partial charge in [-0.15, -0.1) is 22.7 Å². The van der Waals surface area contributed by atoms with Crippen molar-refractivity contribution < 1.29 is 14.3 Å². The molecule has 3 heterocycles. The molecule has 0 bridgehead atoms. The van der Waals surface area contributed by atoms with Gasteiger partial charge in [0, 0.05) is 15.8 Å². The predicted molar refractivity (Wildman–Crippen MR) is 157 cm³/mol. The zero-order valence-electron chi connectivity index (χ0n) is 21.6. The minimum atomic E-state index is -0.385. The Morgan fingerprint density at radius 3 is 2.69 bits per heavy atom. The van der Waals surface area contributed by atoms with Crippen LogP contribution in [0, 0.1) is 0 Å². The summed E-state index contributed by atoms with van der Waals surface area (Å²) in [6.45, 7) is 2.06. The first-order chi connectivity index (χ1) is 19.0. The number of thiophene rings is 2. The van der Waals surface area contributed by atoms with E-state index in [9.17, 15) is 14.4 Å². The maximum Gasteiger partial charge on any atom is 0.341 e. The first kappa shape index (κ1) is 26.1. The highest BCUT2D eigenvalue weighted by Gasteiger charge is 2.28. The number of fused-ring (bicyclic) bond motifs is 4. The number of ether oxygens (including phenoxy) is 1. The molecule has 0 spiro atoms. The van der Waals surface area contributed by atoms with Crippen LogP contribution in [0.2, 0.25) is 0 Å². The number of hydrogen-bond acceptors (Lipinski definition) is 8. The van der Waals surface area contributed by atoms with Gasteiger partial charge in [-0.2, -0.15) is 0 Å². The van der Waals surface area contributed by atoms with E-state index >= 15 is 0 Å². The number of carbonyl (C=O) groups is 2. The summed E-state index contributed by atoms with van der Waals surface area (Å²) < 4.78 is 6.92. The quantitative estimate of drug-likeness (QED) is 0.124. The van der Waals surface area contributed by atoms with Gasteiger partial charge in [0.2, 0.25) is 5.91 Å². The Morgan fingerprint density at radius 1 is 1.08 bits per heavy atom. The smallest absolute Gasteiger partial charge is 0.341 e. The molecule has 0 fully saturated rings. The van der Waals surface area contributed by atoms with E-state index in [0.717, 1.165) is 72.2 Å². The number of aryl methyl sites for hydroxylation is 3. The number of anilines is 1. The summed E-state index contributed by atoms with van der Waals surface area (Å²) in [7, 11) is 0. The van der Waals surface area contributed by atoms with Crippen molar-refractivity contribution in [2.75, 3.05) is 17.7 Å². The molecule has 0 aliphatic heterocycles. The van der Waals surface area contributed by atoms with E-state index in [1.807, 2.05) is 0 Å². The highest BCUT2D eigenvalue weighted by atomic mass is 32.2. The number of carbonyl (C=O) groups excluding carboxylic acids is 2. The summed E-state index contributed by atoms with van der Waals surface area (Å²) in [5, 5.41) is 4.67. The first-order valence-corrected chi connectivity index (χ1v) is 15.9. The number of esters is 1. The fraction of sp³-hybridized carbons (Fsp3) is 0.379. The van der Waals surface area contributed by atoms with E-state index in [0.29, 0.717) is 26.8 Å². The third-order valence-electron chi connectivity index (χ3n) is 7.09. The molecule has 0 saturated carbocycles. The molecule has 1 N–H and O–H groups in total. The van der Waals surface area contributed by atoms with Gasteiger partial charge in [-0.05, 0) is 75.1 Å². The predicted octanol–water partition coefficient (Wildman–Crippen LogP) is 5.91. The molecule has 3 aromatic rings. The molecule has 200 valence electrons. The minimum Gasteiger partial charge on any atom is -0.462 e. The van der Waals surface area contributed by atoms with Crippen molar-refractivity contribution >= 4 is 67.2 Å². The molecule has 3 aliphatic rings. The largest absolute Gasteiger partial charge is 0.462 e. The van der Waals surface area contributed by atoms with E-state index in [1.165, 1.54) is 28.0 Å². The molecule has 6 rings (SSSR count). The number of amides is 1. The van der Waals surface area contributed by atoms with Gasteiger partial charge in [0.05, 0.1) is 29.0 Å². The summed E-state index contributed by atoms with van der Waals surface area (Å²) in [5.41, 5.74) is 8.95. The summed E-state index contributed by atoms with van der Waals surface area (Å²) >= 11 is 4.27. The van der Waals surface area contributed by atoms with E-state index in [1.54, 1.807) is 41.1 Å². The summed E-state index contributed by atoms with van der Waals surface area (Å²) in [6.07, 6.45) is 13.1. The lowest BCUT2D eigenvalue weighted by molar-refractivity contribution is -0.113. The molecule has 10 heteroatoms. The SMILES string of the molecule is CCOC(=O)c1c(NC(=O)CSc2nc3sc4c(c3c(=O)n2C2=CC=C=C=C2)CCC4)sc2c1CCCCC2. The Kier molecular flexibility index (Phi) is 7.47. The average molecular weight is 578 g/mol. The van der Waals surface area contributed by atoms with Crippen LogP contribution in [0.4, 0.5) is 5.00 Å². The van der Waals surface area contributed by atoms with Crippen molar-refractivity contribution in [1.82, 2.24) is 9.55 Å². The second-order valence-electron chi connectivity index (χ2n) is 9.59. The van der Waals surface area contributed by atoms with E-state index < -0.39 is 0 Å². The Morgan fingerprint density at radius 2 is 1.87 bits per heavy atom. The van der Waals surface area contributed by atoms with Gasteiger partial charge >= 0.3 is 5.97 Å². The van der Waals surface area contributed by atoms with E-state index in [2.05, 4.69) is 16.8 Å². The van der Waals surface area contributed by atoms with Gasteiger partial charge in [-0.3, -0.25) is 14.2 Å². The van der Waals surface area contributed by atoms with Crippen LogP contribution in [0.3, 0.4) is 0 Å². The maximum atomic E-state index is 13.8. The minimum absolute atomic E-state index is 0.0382. The van der Waals surface area contributed by atoms with Gasteiger partial charge in [-0.1, -0.05) is 29.6 Å². The highest BCUT2D eigenvalue weighted by Crippen LogP contribution is 2.39. The zero-order chi connectivity index (χ0) is 26.9. The summed E-state index contributed by atoms with van der Waals surface area (Å²) in [6, 6.07) is 0. The molecule has 0 saturated heterocycles. The van der Waals surface area contributed by atoms with Crippen LogP contribution in [0.25, 0.3) is 15.9 Å². The number of nitrogens with zero attached hydrogens (tertiary/aromatic N) is 2. The van der Waals surface area contributed by atoms with Crippen molar-refractivity contribution in [1.29, 1.82) is 0 Å². The lowest BCUT2D eigenvalue weighted by Gasteiger charge is -2.13. The maximum absolute atomic E-state index is 13.8. The van der Waals surface area contributed by atoms with Gasteiger partial charge < -0.3 is 10.1 Å². The van der Waals surface area contributed by atoms with Crippen LogP contribution in [-0.4, -0.2) is 33.8 Å². The van der Waals surface area contributed by atoms with Gasteiger partial charge in [0.1, 0.15) is 9.83 Å². The molecular formula is C29H27N3O4S3. The number of hydrogen-bond donors (Lipinski definition) is 1. The first-order valence-electron chi connectivity index (χ1n) is 13.2. The Labute approximate surface area is 238 Å². The zero-order valence-corrected chi connectivity index (χ0v) is 24.0. The highest BCUT2D eigenvalue weighted by molar-refractivity contribution is 7.99. The second kappa shape index (κ2) is 11.2. The topological polar surface area (TPSA) is 90.3 Å². The number of nitrogens with one attached hydrogen (secondary N) is 1. The molecule has 0 radical (unpaired) electrons. The average Bonchev–Trinajstić information content (AvgIpc) is 3.56. The van der Waals surface area contributed by atoms with Crippen LogP contribution >= 0.6 is 34.4 Å². The summed E-state index contributed by atoms with van der Waals surface area (Å²) in [4.78, 5) is 47.8.